The number of carbonyl (C=O) groups is 2. The van der Waals surface area contributed by atoms with Crippen LogP contribution in [0.2, 0.25) is 0 Å². The summed E-state index contributed by atoms with van der Waals surface area (Å²) in [5.74, 6) is -2.46. The molecule has 5 heteroatoms. The van der Waals surface area contributed by atoms with E-state index in [0.29, 0.717) is 0 Å². The van der Waals surface area contributed by atoms with Crippen LogP contribution in [0.1, 0.15) is 20.7 Å². The highest BCUT2D eigenvalue weighted by Gasteiger charge is 2.13. The summed E-state index contributed by atoms with van der Waals surface area (Å²) >= 11 is 0. The first-order valence-electron chi connectivity index (χ1n) is 4.52. The second kappa shape index (κ2) is 6.58. The van der Waals surface area contributed by atoms with E-state index in [0.717, 1.165) is 0 Å². The van der Waals surface area contributed by atoms with Gasteiger partial charge in [0, 0.05) is 0 Å². The lowest BCUT2D eigenvalue weighted by atomic mass is 10.1. The van der Waals surface area contributed by atoms with Gasteiger partial charge in [-0.1, -0.05) is 12.1 Å². The van der Waals surface area contributed by atoms with Crippen LogP contribution in [0, 0.1) is 0 Å². The zero-order valence-corrected chi connectivity index (χ0v) is 9.47. The monoisotopic (exact) mass is 225 g/mol. The molecule has 0 saturated carbocycles. The molecule has 16 heavy (non-hydrogen) atoms. The Morgan fingerprint density at radius 3 is 1.38 bits per heavy atom. The fourth-order valence-electron chi connectivity index (χ4n) is 0.856. The summed E-state index contributed by atoms with van der Waals surface area (Å²) in [5, 5.41) is 17.1. The minimum Gasteiger partial charge on any atom is -0.478 e. The molecule has 0 unspecified atom stereocenters. The van der Waals surface area contributed by atoms with Crippen LogP contribution in [0.4, 0.5) is 0 Å². The molecule has 0 aromatic heterocycles. The van der Waals surface area contributed by atoms with Crippen LogP contribution < -0.4 is 0 Å². The average Bonchev–Trinajstić information content (AvgIpc) is 2.16. The number of aromatic carboxylic acids is 2. The predicted octanol–water partition coefficient (Wildman–Crippen LogP) is 1.26. The molecule has 0 bridgehead atoms. The van der Waals surface area contributed by atoms with E-state index in [1.165, 1.54) is 24.3 Å². The number of nitrogens with zero attached hydrogens (tertiary/aromatic N) is 1. The molecular weight excluding hydrogens is 210 g/mol. The Morgan fingerprint density at radius 1 is 0.938 bits per heavy atom. The Kier molecular flexibility index (Phi) is 5.80. The highest BCUT2D eigenvalue weighted by molar-refractivity contribution is 6.01. The fraction of sp³-hybridized carbons (Fsp3) is 0.273. The molecule has 1 rings (SSSR count). The normalized spacial score (nSPS) is 9.25. The van der Waals surface area contributed by atoms with Gasteiger partial charge in [0.1, 0.15) is 0 Å². The lowest BCUT2D eigenvalue weighted by Crippen LogP contribution is -2.06. The van der Waals surface area contributed by atoms with E-state index in [1.807, 2.05) is 26.0 Å². The first kappa shape index (κ1) is 14.1. The summed E-state index contributed by atoms with van der Waals surface area (Å²) in [4.78, 5) is 22.9. The summed E-state index contributed by atoms with van der Waals surface area (Å²) in [6.45, 7) is 0. The van der Waals surface area contributed by atoms with Gasteiger partial charge in [-0.05, 0) is 33.3 Å². The first-order chi connectivity index (χ1) is 7.36. The van der Waals surface area contributed by atoms with E-state index in [4.69, 9.17) is 10.2 Å². The minimum atomic E-state index is -1.23. The van der Waals surface area contributed by atoms with Crippen molar-refractivity contribution in [2.75, 3.05) is 21.1 Å². The van der Waals surface area contributed by atoms with E-state index in [2.05, 4.69) is 0 Å². The molecule has 0 heterocycles. The number of hydrogen-bond acceptors (Lipinski definition) is 3. The van der Waals surface area contributed by atoms with E-state index in [1.54, 1.807) is 0 Å². The smallest absolute Gasteiger partial charge is 0.336 e. The SMILES string of the molecule is CN(C)C.O=C(O)c1ccccc1C(=O)O. The standard InChI is InChI=1S/C8H6O4.C3H9N/c9-7(10)5-3-1-2-4-6(5)8(11)12;1-4(2)3/h1-4H,(H,9,10)(H,11,12);1-3H3. The van der Waals surface area contributed by atoms with Gasteiger partial charge in [0.15, 0.2) is 0 Å². The van der Waals surface area contributed by atoms with Gasteiger partial charge in [-0.15, -0.1) is 0 Å². The van der Waals surface area contributed by atoms with Crippen LogP contribution in [-0.4, -0.2) is 48.2 Å². The van der Waals surface area contributed by atoms with Crippen molar-refractivity contribution in [2.24, 2.45) is 0 Å². The van der Waals surface area contributed by atoms with Gasteiger partial charge >= 0.3 is 11.9 Å². The second-order valence-electron chi connectivity index (χ2n) is 3.50. The van der Waals surface area contributed by atoms with Gasteiger partial charge in [-0.25, -0.2) is 9.59 Å². The number of carboxylic acids is 2. The quantitative estimate of drug-likeness (QED) is 0.792. The topological polar surface area (TPSA) is 77.8 Å². The summed E-state index contributed by atoms with van der Waals surface area (Å²) in [7, 11) is 6.00. The van der Waals surface area contributed by atoms with Crippen LogP contribution in [0.15, 0.2) is 24.3 Å². The third-order valence-corrected chi connectivity index (χ3v) is 1.39. The first-order valence-corrected chi connectivity index (χ1v) is 4.52. The largest absolute Gasteiger partial charge is 0.478 e. The van der Waals surface area contributed by atoms with Crippen molar-refractivity contribution in [1.82, 2.24) is 4.90 Å². The van der Waals surface area contributed by atoms with Crippen molar-refractivity contribution in [3.63, 3.8) is 0 Å². The Labute approximate surface area is 93.9 Å². The molecule has 0 aliphatic heterocycles. The number of hydrogen-bond donors (Lipinski definition) is 2. The molecule has 0 atom stereocenters. The van der Waals surface area contributed by atoms with E-state index < -0.39 is 11.9 Å². The molecule has 0 saturated heterocycles. The van der Waals surface area contributed by atoms with Crippen molar-refractivity contribution in [2.45, 2.75) is 0 Å². The molecule has 5 nitrogen and oxygen atoms in total. The van der Waals surface area contributed by atoms with Gasteiger partial charge in [-0.2, -0.15) is 0 Å². The fourth-order valence-corrected chi connectivity index (χ4v) is 0.856. The highest BCUT2D eigenvalue weighted by atomic mass is 16.4. The summed E-state index contributed by atoms with van der Waals surface area (Å²) < 4.78 is 0. The van der Waals surface area contributed by atoms with Crippen molar-refractivity contribution >= 4 is 11.9 Å². The van der Waals surface area contributed by atoms with Crippen LogP contribution >= 0.6 is 0 Å². The van der Waals surface area contributed by atoms with Crippen molar-refractivity contribution < 1.29 is 19.8 Å². The van der Waals surface area contributed by atoms with Gasteiger partial charge in [0.05, 0.1) is 11.1 Å². The van der Waals surface area contributed by atoms with Crippen LogP contribution in [0.25, 0.3) is 0 Å². The third-order valence-electron chi connectivity index (χ3n) is 1.39. The molecule has 2 N–H and O–H groups in total. The Bertz CT molecular complexity index is 338. The Balaban J connectivity index is 0.000000487. The van der Waals surface area contributed by atoms with Crippen molar-refractivity contribution in [3.8, 4) is 0 Å². The van der Waals surface area contributed by atoms with Gasteiger partial charge < -0.3 is 15.1 Å². The van der Waals surface area contributed by atoms with Crippen LogP contribution in [0.3, 0.4) is 0 Å². The van der Waals surface area contributed by atoms with E-state index in [9.17, 15) is 9.59 Å². The molecule has 0 amide bonds. The molecule has 0 fully saturated rings. The van der Waals surface area contributed by atoms with Crippen molar-refractivity contribution in [3.05, 3.63) is 35.4 Å². The Morgan fingerprint density at radius 2 is 1.19 bits per heavy atom. The van der Waals surface area contributed by atoms with Gasteiger partial charge in [0.2, 0.25) is 0 Å². The van der Waals surface area contributed by atoms with Gasteiger partial charge in [0.25, 0.3) is 0 Å². The minimum absolute atomic E-state index is 0.190. The number of rotatable bonds is 2. The molecule has 1 aromatic rings. The maximum Gasteiger partial charge on any atom is 0.336 e. The lowest BCUT2D eigenvalue weighted by molar-refractivity contribution is 0.0651. The van der Waals surface area contributed by atoms with Crippen molar-refractivity contribution in [1.29, 1.82) is 0 Å². The summed E-state index contributed by atoms with van der Waals surface area (Å²) in [6, 6.07) is 5.48. The van der Waals surface area contributed by atoms with Crippen LogP contribution in [-0.2, 0) is 0 Å². The second-order valence-corrected chi connectivity index (χ2v) is 3.50. The number of benzene rings is 1. The van der Waals surface area contributed by atoms with Crippen LogP contribution in [0.5, 0.6) is 0 Å². The maximum absolute atomic E-state index is 10.5. The zero-order valence-electron chi connectivity index (χ0n) is 9.47. The molecular formula is C11H15NO4. The molecule has 0 spiro atoms. The Hall–Kier alpha value is -1.88. The van der Waals surface area contributed by atoms with E-state index >= 15 is 0 Å². The summed E-state index contributed by atoms with van der Waals surface area (Å²) in [5.41, 5.74) is -0.380. The van der Waals surface area contributed by atoms with E-state index in [-0.39, 0.29) is 11.1 Å². The van der Waals surface area contributed by atoms with Gasteiger partial charge in [-0.3, -0.25) is 0 Å². The lowest BCUT2D eigenvalue weighted by Gasteiger charge is -1.98. The zero-order chi connectivity index (χ0) is 12.7. The maximum atomic E-state index is 10.5. The molecule has 0 aliphatic rings. The predicted molar refractivity (Wildman–Crippen MR) is 60.0 cm³/mol. The third kappa shape index (κ3) is 5.11. The molecule has 1 aromatic carbocycles. The number of carboxylic acid groups (broad SMARTS) is 2. The molecule has 0 radical (unpaired) electrons. The molecule has 88 valence electrons. The summed E-state index contributed by atoms with van der Waals surface area (Å²) in [6.07, 6.45) is 0. The molecule has 0 aliphatic carbocycles. The highest BCUT2D eigenvalue weighted by Crippen LogP contribution is 2.07. The average molecular weight is 225 g/mol.